The van der Waals surface area contributed by atoms with Crippen molar-refractivity contribution in [2.45, 2.75) is 19.3 Å². The molecule has 1 aromatic heterocycles. The predicted molar refractivity (Wildman–Crippen MR) is 92.1 cm³/mol. The Morgan fingerprint density at radius 3 is 2.39 bits per heavy atom. The number of carbonyl (C=O) groups is 2. The van der Waals surface area contributed by atoms with Crippen molar-refractivity contribution in [3.63, 3.8) is 0 Å². The fourth-order valence-electron chi connectivity index (χ4n) is 3.67. The Hall–Kier alpha value is -1.27. The number of urea groups is 1. The SMILES string of the molecule is CNC(=O)N1CCC(C2CCN(C(=O)c3ccc(Cl)s3)C2)CC1. The fourth-order valence-corrected chi connectivity index (χ4v) is 4.68. The van der Waals surface area contributed by atoms with Gasteiger partial charge in [-0.25, -0.2) is 4.79 Å². The van der Waals surface area contributed by atoms with Gasteiger partial charge in [-0.15, -0.1) is 11.3 Å². The lowest BCUT2D eigenvalue weighted by Crippen LogP contribution is -2.44. The van der Waals surface area contributed by atoms with E-state index in [1.54, 1.807) is 13.1 Å². The Balaban J connectivity index is 1.52. The van der Waals surface area contributed by atoms with Crippen LogP contribution in [0.5, 0.6) is 0 Å². The van der Waals surface area contributed by atoms with Gasteiger partial charge in [-0.2, -0.15) is 0 Å². The van der Waals surface area contributed by atoms with Crippen LogP contribution in [0, 0.1) is 11.8 Å². The molecular formula is C16H22ClN3O2S. The van der Waals surface area contributed by atoms with Gasteiger partial charge in [-0.1, -0.05) is 11.6 Å². The minimum atomic E-state index is 0.0150. The largest absolute Gasteiger partial charge is 0.341 e. The molecule has 3 rings (SSSR count). The highest BCUT2D eigenvalue weighted by atomic mass is 35.5. The molecular weight excluding hydrogens is 334 g/mol. The molecule has 1 N–H and O–H groups in total. The molecule has 1 atom stereocenters. The normalized spacial score (nSPS) is 22.4. The zero-order valence-electron chi connectivity index (χ0n) is 13.3. The van der Waals surface area contributed by atoms with Crippen molar-refractivity contribution < 1.29 is 9.59 Å². The molecule has 1 unspecified atom stereocenters. The standard InChI is InChI=1S/C16H22ClN3O2S/c1-18-16(22)19-7-4-11(5-8-19)12-6-9-20(10-12)15(21)13-2-3-14(17)23-13/h2-3,11-12H,4-10H2,1H3,(H,18,22). The number of carbonyl (C=O) groups excluding carboxylic acids is 2. The molecule has 0 aromatic carbocycles. The van der Waals surface area contributed by atoms with Gasteiger partial charge in [0.05, 0.1) is 9.21 Å². The van der Waals surface area contributed by atoms with Gasteiger partial charge in [-0.05, 0) is 43.2 Å². The second kappa shape index (κ2) is 7.09. The fraction of sp³-hybridized carbons (Fsp3) is 0.625. The van der Waals surface area contributed by atoms with E-state index >= 15 is 0 Å². The number of thiophene rings is 1. The molecule has 0 bridgehead atoms. The van der Waals surface area contributed by atoms with Crippen LogP contribution in [0.25, 0.3) is 0 Å². The number of hydrogen-bond donors (Lipinski definition) is 1. The molecule has 2 fully saturated rings. The average Bonchev–Trinajstić information content (AvgIpc) is 3.23. The van der Waals surface area contributed by atoms with Crippen molar-refractivity contribution >= 4 is 34.9 Å². The van der Waals surface area contributed by atoms with Gasteiger partial charge in [0.2, 0.25) is 0 Å². The molecule has 1 aromatic rings. The van der Waals surface area contributed by atoms with Crippen LogP contribution >= 0.6 is 22.9 Å². The van der Waals surface area contributed by atoms with E-state index in [0.29, 0.717) is 16.2 Å². The first-order valence-electron chi connectivity index (χ1n) is 8.09. The maximum Gasteiger partial charge on any atom is 0.317 e. The van der Waals surface area contributed by atoms with Gasteiger partial charge in [0.1, 0.15) is 0 Å². The number of hydrogen-bond acceptors (Lipinski definition) is 3. The summed E-state index contributed by atoms with van der Waals surface area (Å²) in [6, 6.07) is 3.60. The van der Waals surface area contributed by atoms with Crippen molar-refractivity contribution in [2.75, 3.05) is 33.2 Å². The Kier molecular flexibility index (Phi) is 5.11. The summed E-state index contributed by atoms with van der Waals surface area (Å²) >= 11 is 7.27. The Morgan fingerprint density at radius 2 is 1.78 bits per heavy atom. The molecule has 2 aliphatic rings. The zero-order valence-corrected chi connectivity index (χ0v) is 14.8. The van der Waals surface area contributed by atoms with Gasteiger partial charge in [0.15, 0.2) is 0 Å². The van der Waals surface area contributed by atoms with Crippen LogP contribution in [0.4, 0.5) is 4.79 Å². The number of halogens is 1. The summed E-state index contributed by atoms with van der Waals surface area (Å²) in [4.78, 5) is 28.7. The first-order valence-corrected chi connectivity index (χ1v) is 9.29. The highest BCUT2D eigenvalue weighted by molar-refractivity contribution is 7.17. The summed E-state index contributed by atoms with van der Waals surface area (Å²) in [5, 5.41) is 2.69. The minimum Gasteiger partial charge on any atom is -0.341 e. The topological polar surface area (TPSA) is 52.7 Å². The molecule has 0 radical (unpaired) electrons. The second-order valence-electron chi connectivity index (χ2n) is 6.28. The molecule has 23 heavy (non-hydrogen) atoms. The second-order valence-corrected chi connectivity index (χ2v) is 8.00. The summed E-state index contributed by atoms with van der Waals surface area (Å²) in [6.07, 6.45) is 3.13. The van der Waals surface area contributed by atoms with Crippen LogP contribution in [-0.2, 0) is 0 Å². The van der Waals surface area contributed by atoms with Crippen molar-refractivity contribution in [3.8, 4) is 0 Å². The lowest BCUT2D eigenvalue weighted by molar-refractivity contribution is 0.0781. The maximum absolute atomic E-state index is 12.5. The number of rotatable bonds is 2. The minimum absolute atomic E-state index is 0.0150. The monoisotopic (exact) mass is 355 g/mol. The first kappa shape index (κ1) is 16.6. The van der Waals surface area contributed by atoms with Gasteiger partial charge in [0.25, 0.3) is 5.91 Å². The maximum atomic E-state index is 12.5. The van der Waals surface area contributed by atoms with Crippen molar-refractivity contribution in [1.29, 1.82) is 0 Å². The molecule has 126 valence electrons. The average molecular weight is 356 g/mol. The van der Waals surface area contributed by atoms with E-state index in [1.807, 2.05) is 15.9 Å². The lowest BCUT2D eigenvalue weighted by atomic mass is 9.84. The summed E-state index contributed by atoms with van der Waals surface area (Å²) < 4.78 is 0.658. The molecule has 3 heterocycles. The number of piperidine rings is 1. The van der Waals surface area contributed by atoms with Gasteiger partial charge in [0, 0.05) is 33.2 Å². The van der Waals surface area contributed by atoms with E-state index in [9.17, 15) is 9.59 Å². The molecule has 0 aliphatic carbocycles. The highest BCUT2D eigenvalue weighted by Crippen LogP contribution is 2.33. The molecule has 2 aliphatic heterocycles. The predicted octanol–water partition coefficient (Wildman–Crippen LogP) is 2.92. The molecule has 0 spiro atoms. The molecule has 2 saturated heterocycles. The van der Waals surface area contributed by atoms with E-state index in [4.69, 9.17) is 11.6 Å². The summed E-state index contributed by atoms with van der Waals surface area (Å²) in [6.45, 7) is 3.29. The Bertz CT molecular complexity index is 584. The van der Waals surface area contributed by atoms with E-state index in [2.05, 4.69) is 5.32 Å². The molecule has 7 heteroatoms. The molecule has 5 nitrogen and oxygen atoms in total. The third kappa shape index (κ3) is 3.63. The lowest BCUT2D eigenvalue weighted by Gasteiger charge is -2.34. The Morgan fingerprint density at radius 1 is 1.13 bits per heavy atom. The summed E-state index contributed by atoms with van der Waals surface area (Å²) in [7, 11) is 1.67. The highest BCUT2D eigenvalue weighted by Gasteiger charge is 2.34. The van der Waals surface area contributed by atoms with Gasteiger partial charge >= 0.3 is 6.03 Å². The van der Waals surface area contributed by atoms with E-state index < -0.39 is 0 Å². The van der Waals surface area contributed by atoms with Gasteiger partial charge in [-0.3, -0.25) is 4.79 Å². The molecule has 3 amide bonds. The van der Waals surface area contributed by atoms with Crippen LogP contribution in [0.2, 0.25) is 4.34 Å². The van der Waals surface area contributed by atoms with Gasteiger partial charge < -0.3 is 15.1 Å². The zero-order chi connectivity index (χ0) is 16.4. The van der Waals surface area contributed by atoms with Crippen LogP contribution in [0.15, 0.2) is 12.1 Å². The molecule has 0 saturated carbocycles. The van der Waals surface area contributed by atoms with E-state index in [1.165, 1.54) is 11.3 Å². The number of likely N-dealkylation sites (tertiary alicyclic amines) is 2. The van der Waals surface area contributed by atoms with Crippen LogP contribution in [-0.4, -0.2) is 55.0 Å². The number of amides is 3. The van der Waals surface area contributed by atoms with E-state index in [-0.39, 0.29) is 11.9 Å². The van der Waals surface area contributed by atoms with Crippen LogP contribution < -0.4 is 5.32 Å². The first-order chi connectivity index (χ1) is 11.1. The third-order valence-corrected chi connectivity index (χ3v) is 6.22. The van der Waals surface area contributed by atoms with Crippen molar-refractivity contribution in [1.82, 2.24) is 15.1 Å². The summed E-state index contributed by atoms with van der Waals surface area (Å²) in [5.74, 6) is 1.27. The Labute approximate surface area is 145 Å². The third-order valence-electron chi connectivity index (χ3n) is 5.00. The van der Waals surface area contributed by atoms with Crippen LogP contribution in [0.3, 0.4) is 0 Å². The smallest absolute Gasteiger partial charge is 0.317 e. The number of nitrogens with one attached hydrogen (secondary N) is 1. The quantitative estimate of drug-likeness (QED) is 0.886. The summed E-state index contributed by atoms with van der Waals surface area (Å²) in [5.41, 5.74) is 0. The van der Waals surface area contributed by atoms with E-state index in [0.717, 1.165) is 50.3 Å². The van der Waals surface area contributed by atoms with Crippen molar-refractivity contribution in [3.05, 3.63) is 21.3 Å². The van der Waals surface area contributed by atoms with Crippen molar-refractivity contribution in [2.24, 2.45) is 11.8 Å². The number of nitrogens with zero attached hydrogens (tertiary/aromatic N) is 2. The van der Waals surface area contributed by atoms with Crippen LogP contribution in [0.1, 0.15) is 28.9 Å².